The summed E-state index contributed by atoms with van der Waals surface area (Å²) < 4.78 is 0. The van der Waals surface area contributed by atoms with Crippen LogP contribution in [0.2, 0.25) is 0 Å². The number of rotatable bonds is 6. The van der Waals surface area contributed by atoms with Gasteiger partial charge in [0.15, 0.2) is 0 Å². The second-order valence-corrected chi connectivity index (χ2v) is 4.13. The molecule has 1 heterocycles. The molecule has 2 N–H and O–H groups in total. The Hall–Kier alpha value is -1.45. The third-order valence-electron chi connectivity index (χ3n) is 2.83. The Labute approximate surface area is 102 Å². The normalized spacial score (nSPS) is 10.9. The summed E-state index contributed by atoms with van der Waals surface area (Å²) in [5, 5.41) is 14.5. The van der Waals surface area contributed by atoms with Crippen LogP contribution in [0.4, 0.5) is 0 Å². The number of aromatic nitrogens is 1. The predicted molar refractivity (Wildman–Crippen MR) is 69.8 cm³/mol. The number of aliphatic hydroxyl groups is 1. The Morgan fingerprint density at radius 3 is 2.88 bits per heavy atom. The molecule has 0 saturated carbocycles. The van der Waals surface area contributed by atoms with Gasteiger partial charge in [0.1, 0.15) is 0 Å². The third kappa shape index (κ3) is 3.25. The number of hydrogen-bond donors (Lipinski definition) is 2. The quantitative estimate of drug-likeness (QED) is 0.747. The maximum absolute atomic E-state index is 8.69. The Bertz CT molecular complexity index is 465. The maximum Gasteiger partial charge on any atom is 0.0431 e. The molecule has 0 aliphatic carbocycles. The standard InChI is InChI=1S/C14H18N2O/c17-8-4-3-7-15-10-13-11-16-9-12-5-1-2-6-14(12)13/h1-2,5-6,9,11,15,17H,3-4,7-8,10H2. The van der Waals surface area contributed by atoms with E-state index in [0.717, 1.165) is 25.9 Å². The van der Waals surface area contributed by atoms with Gasteiger partial charge in [0.05, 0.1) is 0 Å². The van der Waals surface area contributed by atoms with Gasteiger partial charge in [0.2, 0.25) is 0 Å². The summed E-state index contributed by atoms with van der Waals surface area (Å²) >= 11 is 0. The van der Waals surface area contributed by atoms with Crippen molar-refractivity contribution in [2.75, 3.05) is 13.2 Å². The SMILES string of the molecule is OCCCCNCc1cncc2ccccc12. The zero-order valence-electron chi connectivity index (χ0n) is 9.89. The lowest BCUT2D eigenvalue weighted by molar-refractivity contribution is 0.283. The van der Waals surface area contributed by atoms with E-state index in [1.54, 1.807) is 0 Å². The molecule has 0 aliphatic rings. The summed E-state index contributed by atoms with van der Waals surface area (Å²) in [6.07, 6.45) is 5.68. The van der Waals surface area contributed by atoms with Gasteiger partial charge in [-0.05, 0) is 30.3 Å². The van der Waals surface area contributed by atoms with Gasteiger partial charge in [0, 0.05) is 30.9 Å². The fourth-order valence-corrected chi connectivity index (χ4v) is 1.90. The van der Waals surface area contributed by atoms with E-state index < -0.39 is 0 Å². The summed E-state index contributed by atoms with van der Waals surface area (Å²) in [7, 11) is 0. The lowest BCUT2D eigenvalue weighted by atomic mass is 10.1. The molecule has 0 amide bonds. The summed E-state index contributed by atoms with van der Waals surface area (Å²) in [4.78, 5) is 4.25. The van der Waals surface area contributed by atoms with Crippen LogP contribution in [-0.2, 0) is 6.54 Å². The van der Waals surface area contributed by atoms with Crippen molar-refractivity contribution in [1.29, 1.82) is 0 Å². The minimum atomic E-state index is 0.275. The van der Waals surface area contributed by atoms with E-state index in [1.807, 2.05) is 18.5 Å². The molecule has 0 saturated heterocycles. The van der Waals surface area contributed by atoms with Crippen LogP contribution < -0.4 is 5.32 Å². The van der Waals surface area contributed by atoms with Gasteiger partial charge >= 0.3 is 0 Å². The van der Waals surface area contributed by atoms with Gasteiger partial charge in [-0.25, -0.2) is 0 Å². The number of hydrogen-bond acceptors (Lipinski definition) is 3. The van der Waals surface area contributed by atoms with Crippen molar-refractivity contribution < 1.29 is 5.11 Å². The molecule has 1 aromatic carbocycles. The van der Waals surface area contributed by atoms with Crippen LogP contribution in [0.1, 0.15) is 18.4 Å². The van der Waals surface area contributed by atoms with Crippen LogP contribution in [0.5, 0.6) is 0 Å². The summed E-state index contributed by atoms with van der Waals surface area (Å²) in [6.45, 7) is 2.04. The third-order valence-corrected chi connectivity index (χ3v) is 2.83. The van der Waals surface area contributed by atoms with Gasteiger partial charge in [-0.1, -0.05) is 24.3 Å². The lowest BCUT2D eigenvalue weighted by Gasteiger charge is -2.07. The molecule has 0 aliphatic heterocycles. The van der Waals surface area contributed by atoms with Gasteiger partial charge in [-0.2, -0.15) is 0 Å². The molecule has 3 nitrogen and oxygen atoms in total. The molecular formula is C14H18N2O. The van der Waals surface area contributed by atoms with Crippen molar-refractivity contribution in [3.05, 3.63) is 42.2 Å². The fourth-order valence-electron chi connectivity index (χ4n) is 1.90. The van der Waals surface area contributed by atoms with Crippen LogP contribution in [-0.4, -0.2) is 23.2 Å². The van der Waals surface area contributed by atoms with E-state index in [2.05, 4.69) is 28.5 Å². The van der Waals surface area contributed by atoms with Crippen molar-refractivity contribution >= 4 is 10.8 Å². The molecular weight excluding hydrogens is 212 g/mol. The summed E-state index contributed by atoms with van der Waals surface area (Å²) in [5.41, 5.74) is 1.23. The number of unbranched alkanes of at least 4 members (excludes halogenated alkanes) is 1. The zero-order chi connectivity index (χ0) is 11.9. The Morgan fingerprint density at radius 2 is 2.00 bits per heavy atom. The average molecular weight is 230 g/mol. The molecule has 1 aromatic heterocycles. The monoisotopic (exact) mass is 230 g/mol. The van der Waals surface area contributed by atoms with E-state index in [-0.39, 0.29) is 6.61 Å². The second kappa shape index (κ2) is 6.33. The highest BCUT2D eigenvalue weighted by molar-refractivity contribution is 5.84. The molecule has 0 atom stereocenters. The number of aliphatic hydroxyl groups excluding tert-OH is 1. The highest BCUT2D eigenvalue weighted by Crippen LogP contribution is 2.16. The Kier molecular flexibility index (Phi) is 4.47. The fraction of sp³-hybridized carbons (Fsp3) is 0.357. The second-order valence-electron chi connectivity index (χ2n) is 4.13. The van der Waals surface area contributed by atoms with E-state index in [1.165, 1.54) is 16.3 Å². The number of fused-ring (bicyclic) bond motifs is 1. The van der Waals surface area contributed by atoms with Crippen LogP contribution in [0, 0.1) is 0 Å². The first-order valence-electron chi connectivity index (χ1n) is 6.05. The zero-order valence-corrected chi connectivity index (χ0v) is 9.89. The Morgan fingerprint density at radius 1 is 1.12 bits per heavy atom. The molecule has 0 fully saturated rings. The van der Waals surface area contributed by atoms with Crippen LogP contribution in [0.3, 0.4) is 0 Å². The van der Waals surface area contributed by atoms with Crippen LogP contribution in [0.15, 0.2) is 36.7 Å². The first-order valence-corrected chi connectivity index (χ1v) is 6.05. The van der Waals surface area contributed by atoms with Crippen molar-refractivity contribution in [3.63, 3.8) is 0 Å². The number of nitrogens with one attached hydrogen (secondary N) is 1. The first-order chi connectivity index (χ1) is 8.42. The van der Waals surface area contributed by atoms with E-state index in [0.29, 0.717) is 0 Å². The molecule has 0 radical (unpaired) electrons. The van der Waals surface area contributed by atoms with Crippen molar-refractivity contribution in [1.82, 2.24) is 10.3 Å². The molecule has 90 valence electrons. The first kappa shape index (κ1) is 12.0. The summed E-state index contributed by atoms with van der Waals surface area (Å²) in [5.74, 6) is 0. The molecule has 17 heavy (non-hydrogen) atoms. The smallest absolute Gasteiger partial charge is 0.0431 e. The van der Waals surface area contributed by atoms with Gasteiger partial charge in [-0.15, -0.1) is 0 Å². The predicted octanol–water partition coefficient (Wildman–Crippen LogP) is 2.10. The van der Waals surface area contributed by atoms with Gasteiger partial charge < -0.3 is 10.4 Å². The van der Waals surface area contributed by atoms with Crippen molar-refractivity contribution in [2.45, 2.75) is 19.4 Å². The van der Waals surface area contributed by atoms with E-state index in [9.17, 15) is 0 Å². The highest BCUT2D eigenvalue weighted by Gasteiger charge is 1.99. The lowest BCUT2D eigenvalue weighted by Crippen LogP contribution is -2.15. The minimum Gasteiger partial charge on any atom is -0.396 e. The van der Waals surface area contributed by atoms with Crippen molar-refractivity contribution in [2.24, 2.45) is 0 Å². The largest absolute Gasteiger partial charge is 0.396 e. The van der Waals surface area contributed by atoms with Crippen molar-refractivity contribution in [3.8, 4) is 0 Å². The van der Waals surface area contributed by atoms with E-state index >= 15 is 0 Å². The molecule has 0 unspecified atom stereocenters. The molecule has 2 aromatic rings. The molecule has 0 bridgehead atoms. The van der Waals surface area contributed by atoms with Gasteiger partial charge in [-0.3, -0.25) is 4.98 Å². The average Bonchev–Trinajstić information content (AvgIpc) is 2.39. The van der Waals surface area contributed by atoms with Crippen LogP contribution >= 0.6 is 0 Å². The number of nitrogens with zero attached hydrogens (tertiary/aromatic N) is 1. The van der Waals surface area contributed by atoms with Crippen LogP contribution in [0.25, 0.3) is 10.8 Å². The molecule has 3 heteroatoms. The maximum atomic E-state index is 8.69. The minimum absolute atomic E-state index is 0.275. The topological polar surface area (TPSA) is 45.1 Å². The number of benzene rings is 1. The number of pyridine rings is 1. The highest BCUT2D eigenvalue weighted by atomic mass is 16.2. The Balaban J connectivity index is 1.98. The molecule has 2 rings (SSSR count). The van der Waals surface area contributed by atoms with E-state index in [4.69, 9.17) is 5.11 Å². The summed E-state index contributed by atoms with van der Waals surface area (Å²) in [6, 6.07) is 8.29. The molecule has 0 spiro atoms. The van der Waals surface area contributed by atoms with Gasteiger partial charge in [0.25, 0.3) is 0 Å².